The summed E-state index contributed by atoms with van der Waals surface area (Å²) < 4.78 is 16.3. The Morgan fingerprint density at radius 2 is 1.91 bits per heavy atom. The molecule has 8 heteroatoms. The number of amides is 1. The summed E-state index contributed by atoms with van der Waals surface area (Å²) in [4.78, 5) is 24.5. The van der Waals surface area contributed by atoms with Crippen molar-refractivity contribution in [3.05, 3.63) is 71.6 Å². The molecule has 0 spiro atoms. The Kier molecular flexibility index (Phi) is 7.85. The molecule has 0 fully saturated rings. The van der Waals surface area contributed by atoms with E-state index in [1.165, 1.54) is 6.92 Å². The van der Waals surface area contributed by atoms with E-state index in [4.69, 9.17) is 14.0 Å². The molecule has 0 bridgehead atoms. The normalized spacial score (nSPS) is 11.5. The molecule has 2 aromatic carbocycles. The number of hydrogen-bond acceptors (Lipinski definition) is 7. The standard InChI is InChI=1S/C24H27N3O5/c1-16(28)18(15-31-23-10-9-19(30-3)12-21(23)25-2)14-26-24(29)22-13-20(32-27-22)11-17-7-5-4-6-8-17/h4-10,12-13,18,25H,11,14-15H2,1-3H3,(H,26,29). The van der Waals surface area contributed by atoms with Crippen molar-refractivity contribution in [2.75, 3.05) is 32.6 Å². The summed E-state index contributed by atoms with van der Waals surface area (Å²) in [6, 6.07) is 16.7. The number of benzene rings is 2. The van der Waals surface area contributed by atoms with Crippen LogP contribution in [0.5, 0.6) is 11.5 Å². The fourth-order valence-corrected chi connectivity index (χ4v) is 3.07. The van der Waals surface area contributed by atoms with Crippen LogP contribution in [0.15, 0.2) is 59.1 Å². The summed E-state index contributed by atoms with van der Waals surface area (Å²) in [5.74, 6) is 0.868. The minimum Gasteiger partial charge on any atom is -0.497 e. The van der Waals surface area contributed by atoms with Crippen molar-refractivity contribution < 1.29 is 23.6 Å². The lowest BCUT2D eigenvalue weighted by atomic mass is 10.1. The molecule has 0 aliphatic rings. The van der Waals surface area contributed by atoms with Crippen molar-refractivity contribution in [2.24, 2.45) is 5.92 Å². The Morgan fingerprint density at radius 3 is 2.59 bits per heavy atom. The molecule has 3 aromatic rings. The first-order chi connectivity index (χ1) is 15.5. The zero-order valence-corrected chi connectivity index (χ0v) is 18.4. The predicted octanol–water partition coefficient (Wildman–Crippen LogP) is 3.33. The van der Waals surface area contributed by atoms with Gasteiger partial charge in [-0.3, -0.25) is 9.59 Å². The minimum atomic E-state index is -0.513. The number of ketones is 1. The first-order valence-corrected chi connectivity index (χ1v) is 10.3. The average Bonchev–Trinajstić information content (AvgIpc) is 3.27. The molecule has 0 radical (unpaired) electrons. The monoisotopic (exact) mass is 437 g/mol. The first kappa shape index (κ1) is 22.9. The van der Waals surface area contributed by atoms with Crippen molar-refractivity contribution in [3.8, 4) is 11.5 Å². The Labute approximate surface area is 186 Å². The lowest BCUT2D eigenvalue weighted by Gasteiger charge is -2.17. The van der Waals surface area contributed by atoms with Crippen LogP contribution in [0.4, 0.5) is 5.69 Å². The Morgan fingerprint density at radius 1 is 1.12 bits per heavy atom. The van der Waals surface area contributed by atoms with E-state index in [9.17, 15) is 9.59 Å². The van der Waals surface area contributed by atoms with Gasteiger partial charge in [-0.25, -0.2) is 0 Å². The van der Waals surface area contributed by atoms with Gasteiger partial charge < -0.3 is 24.6 Å². The lowest BCUT2D eigenvalue weighted by molar-refractivity contribution is -0.121. The third-order valence-corrected chi connectivity index (χ3v) is 4.99. The molecule has 0 saturated carbocycles. The van der Waals surface area contributed by atoms with E-state index < -0.39 is 11.8 Å². The summed E-state index contributed by atoms with van der Waals surface area (Å²) in [6.07, 6.45) is 0.542. The highest BCUT2D eigenvalue weighted by Crippen LogP contribution is 2.29. The van der Waals surface area contributed by atoms with Crippen LogP contribution in [0.2, 0.25) is 0 Å². The number of carbonyl (C=O) groups is 2. The molecular weight excluding hydrogens is 410 g/mol. The van der Waals surface area contributed by atoms with E-state index in [1.54, 1.807) is 38.4 Å². The quantitative estimate of drug-likeness (QED) is 0.474. The number of nitrogens with zero attached hydrogens (tertiary/aromatic N) is 1. The van der Waals surface area contributed by atoms with Gasteiger partial charge in [0.2, 0.25) is 0 Å². The van der Waals surface area contributed by atoms with E-state index >= 15 is 0 Å². The number of rotatable bonds is 11. The summed E-state index contributed by atoms with van der Waals surface area (Å²) in [5, 5.41) is 9.62. The van der Waals surface area contributed by atoms with Gasteiger partial charge in [-0.2, -0.15) is 0 Å². The minimum absolute atomic E-state index is 0.0882. The molecule has 3 rings (SSSR count). The lowest BCUT2D eigenvalue weighted by Crippen LogP contribution is -2.35. The molecule has 0 saturated heterocycles. The molecule has 2 N–H and O–H groups in total. The fourth-order valence-electron chi connectivity index (χ4n) is 3.07. The molecule has 1 heterocycles. The number of hydrogen-bond donors (Lipinski definition) is 2. The number of anilines is 1. The molecule has 0 aliphatic carbocycles. The van der Waals surface area contributed by atoms with Crippen LogP contribution in [-0.4, -0.2) is 44.2 Å². The van der Waals surface area contributed by atoms with E-state index in [0.29, 0.717) is 23.7 Å². The predicted molar refractivity (Wildman–Crippen MR) is 120 cm³/mol. The molecule has 1 atom stereocenters. The van der Waals surface area contributed by atoms with Gasteiger partial charge in [-0.15, -0.1) is 0 Å². The van der Waals surface area contributed by atoms with E-state index in [-0.39, 0.29) is 24.6 Å². The molecule has 0 aliphatic heterocycles. The molecule has 32 heavy (non-hydrogen) atoms. The van der Waals surface area contributed by atoms with Gasteiger partial charge in [-0.1, -0.05) is 35.5 Å². The third-order valence-electron chi connectivity index (χ3n) is 4.99. The Balaban J connectivity index is 1.55. The summed E-state index contributed by atoms with van der Waals surface area (Å²) in [5.41, 5.74) is 1.97. The SMILES string of the molecule is CNc1cc(OC)ccc1OCC(CNC(=O)c1cc(Cc2ccccc2)on1)C(C)=O. The van der Waals surface area contributed by atoms with E-state index in [2.05, 4.69) is 15.8 Å². The second kappa shape index (κ2) is 11.0. The van der Waals surface area contributed by atoms with Crippen LogP contribution in [0.3, 0.4) is 0 Å². The molecule has 168 valence electrons. The van der Waals surface area contributed by atoms with E-state index in [1.807, 2.05) is 30.3 Å². The van der Waals surface area contributed by atoms with Gasteiger partial charge >= 0.3 is 0 Å². The molecular formula is C24H27N3O5. The van der Waals surface area contributed by atoms with Gasteiger partial charge in [0.25, 0.3) is 5.91 Å². The molecule has 1 unspecified atom stereocenters. The van der Waals surface area contributed by atoms with Crippen LogP contribution < -0.4 is 20.1 Å². The van der Waals surface area contributed by atoms with Crippen molar-refractivity contribution in [1.82, 2.24) is 10.5 Å². The average molecular weight is 437 g/mol. The molecule has 8 nitrogen and oxygen atoms in total. The number of Topliss-reactive ketones (excluding diaryl/α,β-unsaturated/α-hetero) is 1. The zero-order chi connectivity index (χ0) is 22.9. The maximum absolute atomic E-state index is 12.5. The van der Waals surface area contributed by atoms with Crippen LogP contribution in [0.1, 0.15) is 28.7 Å². The number of methoxy groups -OCH3 is 1. The first-order valence-electron chi connectivity index (χ1n) is 10.3. The Bertz CT molecular complexity index is 1050. The van der Waals surface area contributed by atoms with Crippen LogP contribution in [0, 0.1) is 5.92 Å². The number of aromatic nitrogens is 1. The highest BCUT2D eigenvalue weighted by molar-refractivity contribution is 5.92. The van der Waals surface area contributed by atoms with Crippen molar-refractivity contribution in [2.45, 2.75) is 13.3 Å². The molecule has 1 amide bonds. The Hall–Kier alpha value is -3.81. The topological polar surface area (TPSA) is 103 Å². The summed E-state index contributed by atoms with van der Waals surface area (Å²) in [6.45, 7) is 1.72. The van der Waals surface area contributed by atoms with Crippen LogP contribution in [-0.2, 0) is 11.2 Å². The number of nitrogens with one attached hydrogen (secondary N) is 2. The van der Waals surface area contributed by atoms with Gasteiger partial charge in [0.15, 0.2) is 5.69 Å². The fraction of sp³-hybridized carbons (Fsp3) is 0.292. The largest absolute Gasteiger partial charge is 0.497 e. The van der Waals surface area contributed by atoms with E-state index in [0.717, 1.165) is 11.3 Å². The maximum Gasteiger partial charge on any atom is 0.273 e. The third kappa shape index (κ3) is 6.10. The highest BCUT2D eigenvalue weighted by Gasteiger charge is 2.20. The second-order valence-electron chi connectivity index (χ2n) is 7.28. The van der Waals surface area contributed by atoms with Crippen molar-refractivity contribution >= 4 is 17.4 Å². The highest BCUT2D eigenvalue weighted by atomic mass is 16.5. The number of carbonyl (C=O) groups excluding carboxylic acids is 2. The summed E-state index contributed by atoms with van der Waals surface area (Å²) >= 11 is 0. The van der Waals surface area contributed by atoms with Crippen LogP contribution >= 0.6 is 0 Å². The van der Waals surface area contributed by atoms with Gasteiger partial charge in [0.1, 0.15) is 23.0 Å². The smallest absolute Gasteiger partial charge is 0.273 e. The summed E-state index contributed by atoms with van der Waals surface area (Å²) in [7, 11) is 3.36. The van der Waals surface area contributed by atoms with Crippen LogP contribution in [0.25, 0.3) is 0 Å². The van der Waals surface area contributed by atoms with Crippen molar-refractivity contribution in [1.29, 1.82) is 0 Å². The van der Waals surface area contributed by atoms with Gasteiger partial charge in [0, 0.05) is 32.1 Å². The number of ether oxygens (including phenoxy) is 2. The maximum atomic E-state index is 12.5. The van der Waals surface area contributed by atoms with Crippen molar-refractivity contribution in [3.63, 3.8) is 0 Å². The van der Waals surface area contributed by atoms with Gasteiger partial charge in [-0.05, 0) is 24.6 Å². The molecule has 1 aromatic heterocycles. The zero-order valence-electron chi connectivity index (χ0n) is 18.4. The second-order valence-corrected chi connectivity index (χ2v) is 7.28. The van der Waals surface area contributed by atoms with Gasteiger partial charge in [0.05, 0.1) is 25.3 Å².